The van der Waals surface area contributed by atoms with Gasteiger partial charge in [-0.3, -0.25) is 4.79 Å². The van der Waals surface area contributed by atoms with Crippen molar-refractivity contribution in [2.45, 2.75) is 38.3 Å². The number of rotatable bonds is 4. The second kappa shape index (κ2) is 7.75. The van der Waals surface area contributed by atoms with Crippen molar-refractivity contribution in [3.05, 3.63) is 81.7 Å². The summed E-state index contributed by atoms with van der Waals surface area (Å²) in [5.74, 6) is -0.467. The Hall–Kier alpha value is -3.17. The number of hydrogen-bond acceptors (Lipinski definition) is 2. The summed E-state index contributed by atoms with van der Waals surface area (Å²) in [5.41, 5.74) is -6.57. The molecule has 3 rings (SSSR count). The van der Waals surface area contributed by atoms with Gasteiger partial charge in [0.05, 0.1) is 0 Å². The van der Waals surface area contributed by atoms with Crippen LogP contribution in [0, 0.1) is 19.1 Å². The van der Waals surface area contributed by atoms with E-state index in [1.165, 1.54) is 44.3 Å². The van der Waals surface area contributed by atoms with E-state index in [1.807, 2.05) is 0 Å². The second-order valence-electron chi connectivity index (χ2n) is 7.45. The van der Waals surface area contributed by atoms with E-state index in [0.29, 0.717) is 27.8 Å². The molecule has 3 aromatic rings. The number of benzene rings is 2. The molecule has 0 atom stereocenters. The maximum absolute atomic E-state index is 14.4. The van der Waals surface area contributed by atoms with E-state index in [4.69, 9.17) is 0 Å². The van der Waals surface area contributed by atoms with Gasteiger partial charge in [0.15, 0.2) is 12.0 Å². The van der Waals surface area contributed by atoms with E-state index in [2.05, 4.69) is 0 Å². The smallest absolute Gasteiger partial charge is 0.435 e. The number of Topliss-reactive ketones (excluding diaryl/α,β-unsaturated/α-hetero) is 1. The summed E-state index contributed by atoms with van der Waals surface area (Å²) >= 11 is 0. The van der Waals surface area contributed by atoms with E-state index in [0.717, 1.165) is 0 Å². The second-order valence-corrected chi connectivity index (χ2v) is 7.45. The lowest BCUT2D eigenvalue weighted by Crippen LogP contribution is -2.50. The SMILES string of the molecule is Cc1cc(C(F)(C(F)(F)F)C(F)(F)F)cc(C)c1CC(=O)c1ccc2c(ccc[n+]2[O-])c1. The van der Waals surface area contributed by atoms with Crippen molar-refractivity contribution in [1.29, 1.82) is 0 Å². The summed E-state index contributed by atoms with van der Waals surface area (Å²) in [6.07, 6.45) is -11.5. The van der Waals surface area contributed by atoms with Crippen LogP contribution < -0.4 is 4.73 Å². The zero-order valence-electron chi connectivity index (χ0n) is 16.7. The third-order valence-electron chi connectivity index (χ3n) is 5.30. The van der Waals surface area contributed by atoms with Crippen molar-refractivity contribution in [3.8, 4) is 0 Å². The van der Waals surface area contributed by atoms with Gasteiger partial charge in [0.25, 0.3) is 0 Å². The average molecular weight is 459 g/mol. The highest BCUT2D eigenvalue weighted by Gasteiger charge is 2.73. The Bertz CT molecular complexity index is 1160. The molecule has 0 saturated carbocycles. The third-order valence-corrected chi connectivity index (χ3v) is 5.30. The van der Waals surface area contributed by atoms with Crippen LogP contribution in [0.1, 0.15) is 32.6 Å². The highest BCUT2D eigenvalue weighted by Crippen LogP contribution is 2.53. The summed E-state index contributed by atoms with van der Waals surface area (Å²) in [4.78, 5) is 12.7. The summed E-state index contributed by atoms with van der Waals surface area (Å²) in [6, 6.07) is 8.34. The molecule has 0 N–H and O–H groups in total. The average Bonchev–Trinajstić information content (AvgIpc) is 2.68. The lowest BCUT2D eigenvalue weighted by atomic mass is 9.87. The molecule has 0 radical (unpaired) electrons. The number of aryl methyl sites for hydroxylation is 2. The van der Waals surface area contributed by atoms with Crippen LogP contribution in [-0.2, 0) is 12.1 Å². The molecule has 0 bridgehead atoms. The molecular formula is C22H16F7NO2. The Morgan fingerprint density at radius 3 is 2.00 bits per heavy atom. The standard InChI is InChI=1S/C22H16F7NO2/c1-12-8-16(20(23,21(24,25)26)22(27,28)29)9-13(2)17(12)11-19(31)15-5-6-18-14(10-15)4-3-7-30(18)32/h3-10H,11H2,1-2H3. The monoisotopic (exact) mass is 459 g/mol. The van der Waals surface area contributed by atoms with Gasteiger partial charge in [-0.1, -0.05) is 12.1 Å². The lowest BCUT2D eigenvalue weighted by molar-refractivity contribution is -0.577. The van der Waals surface area contributed by atoms with E-state index in [1.54, 1.807) is 6.07 Å². The largest absolute Gasteiger partial charge is 0.618 e. The summed E-state index contributed by atoms with van der Waals surface area (Å²) < 4.78 is 93.4. The maximum Gasteiger partial charge on any atom is 0.435 e. The van der Waals surface area contributed by atoms with Gasteiger partial charge < -0.3 is 5.21 Å². The highest BCUT2D eigenvalue weighted by atomic mass is 19.4. The van der Waals surface area contributed by atoms with Crippen molar-refractivity contribution < 1.29 is 40.3 Å². The number of ketones is 1. The number of pyridine rings is 1. The van der Waals surface area contributed by atoms with Crippen LogP contribution in [0.15, 0.2) is 48.7 Å². The molecule has 0 aliphatic heterocycles. The van der Waals surface area contributed by atoms with Crippen molar-refractivity contribution in [1.82, 2.24) is 0 Å². The molecule has 0 aliphatic rings. The molecule has 0 spiro atoms. The minimum absolute atomic E-state index is 0.0814. The molecule has 0 fully saturated rings. The Morgan fingerprint density at radius 2 is 1.47 bits per heavy atom. The normalized spacial score (nSPS) is 12.9. The molecule has 0 amide bonds. The predicted octanol–water partition coefficient (Wildman–Crippen LogP) is 5.80. The zero-order valence-corrected chi connectivity index (χ0v) is 16.7. The first kappa shape index (κ1) is 23.5. The Kier molecular flexibility index (Phi) is 5.69. The number of hydrogen-bond donors (Lipinski definition) is 0. The summed E-state index contributed by atoms with van der Waals surface area (Å²) in [7, 11) is 0. The molecule has 1 heterocycles. The van der Waals surface area contributed by atoms with E-state index in [-0.39, 0.29) is 28.7 Å². The first-order valence-electron chi connectivity index (χ1n) is 9.25. The number of carbonyl (C=O) groups is 1. The first-order valence-corrected chi connectivity index (χ1v) is 9.25. The van der Waals surface area contributed by atoms with Gasteiger partial charge in [0.1, 0.15) is 0 Å². The quantitative estimate of drug-likeness (QED) is 0.214. The van der Waals surface area contributed by atoms with Crippen LogP contribution in [0.3, 0.4) is 0 Å². The van der Waals surface area contributed by atoms with E-state index >= 15 is 0 Å². The topological polar surface area (TPSA) is 44.0 Å². The Labute approximate surface area is 177 Å². The molecular weight excluding hydrogens is 443 g/mol. The van der Waals surface area contributed by atoms with Crippen LogP contribution in [0.25, 0.3) is 10.9 Å². The molecule has 0 aliphatic carbocycles. The summed E-state index contributed by atoms with van der Waals surface area (Å²) in [5, 5.41) is 12.2. The number of alkyl halides is 7. The third kappa shape index (κ3) is 3.89. The zero-order chi connectivity index (χ0) is 24.1. The Morgan fingerprint density at radius 1 is 0.906 bits per heavy atom. The highest BCUT2D eigenvalue weighted by molar-refractivity contribution is 6.00. The van der Waals surface area contributed by atoms with Gasteiger partial charge in [0, 0.05) is 35.1 Å². The van der Waals surface area contributed by atoms with Crippen molar-refractivity contribution in [2.24, 2.45) is 0 Å². The molecule has 3 nitrogen and oxygen atoms in total. The van der Waals surface area contributed by atoms with Crippen LogP contribution in [0.2, 0.25) is 0 Å². The van der Waals surface area contributed by atoms with Gasteiger partial charge in [0.2, 0.25) is 5.52 Å². The number of carbonyl (C=O) groups excluding carboxylic acids is 1. The molecule has 32 heavy (non-hydrogen) atoms. The van der Waals surface area contributed by atoms with Crippen LogP contribution >= 0.6 is 0 Å². The first-order chi connectivity index (χ1) is 14.7. The van der Waals surface area contributed by atoms with Gasteiger partial charge in [-0.05, 0) is 48.7 Å². The molecule has 2 aromatic carbocycles. The molecule has 0 unspecified atom stereocenters. The van der Waals surface area contributed by atoms with Crippen LogP contribution in [0.5, 0.6) is 0 Å². The number of halogens is 7. The van der Waals surface area contributed by atoms with Crippen molar-refractivity contribution in [2.75, 3.05) is 0 Å². The molecule has 0 saturated heterocycles. The fourth-order valence-corrected chi connectivity index (χ4v) is 3.59. The fraction of sp³-hybridized carbons (Fsp3) is 0.273. The minimum atomic E-state index is -6.22. The summed E-state index contributed by atoms with van der Waals surface area (Å²) in [6.45, 7) is 2.43. The van der Waals surface area contributed by atoms with Gasteiger partial charge >= 0.3 is 18.0 Å². The molecule has 170 valence electrons. The predicted molar refractivity (Wildman–Crippen MR) is 102 cm³/mol. The van der Waals surface area contributed by atoms with Gasteiger partial charge in [-0.25, -0.2) is 4.39 Å². The van der Waals surface area contributed by atoms with Crippen LogP contribution in [-0.4, -0.2) is 18.1 Å². The number of fused-ring (bicyclic) bond motifs is 1. The fourth-order valence-electron chi connectivity index (χ4n) is 3.59. The van der Waals surface area contributed by atoms with Crippen molar-refractivity contribution >= 4 is 16.7 Å². The van der Waals surface area contributed by atoms with E-state index in [9.17, 15) is 40.7 Å². The lowest BCUT2D eigenvalue weighted by Gasteiger charge is -2.31. The molecule has 1 aromatic heterocycles. The maximum atomic E-state index is 14.4. The number of aromatic nitrogens is 1. The minimum Gasteiger partial charge on any atom is -0.618 e. The van der Waals surface area contributed by atoms with Gasteiger partial charge in [-0.15, -0.1) is 0 Å². The van der Waals surface area contributed by atoms with Crippen LogP contribution in [0.4, 0.5) is 30.7 Å². The Balaban J connectivity index is 1.99. The van der Waals surface area contributed by atoms with E-state index < -0.39 is 29.4 Å². The van der Waals surface area contributed by atoms with Crippen molar-refractivity contribution in [3.63, 3.8) is 0 Å². The van der Waals surface area contributed by atoms with Gasteiger partial charge in [-0.2, -0.15) is 31.1 Å². The molecule has 10 heteroatoms. The number of nitrogens with zero attached hydrogens (tertiary/aromatic N) is 1.